The molecule has 1 N–H and O–H groups in total. The average molecular weight is 412 g/mol. The summed E-state index contributed by atoms with van der Waals surface area (Å²) >= 11 is 0. The monoisotopic (exact) mass is 411 g/mol. The van der Waals surface area contributed by atoms with Crippen molar-refractivity contribution in [2.24, 2.45) is 0 Å². The van der Waals surface area contributed by atoms with E-state index in [1.807, 2.05) is 43.0 Å². The maximum atomic E-state index is 12.9. The Morgan fingerprint density at radius 2 is 2.00 bits per heavy atom. The Morgan fingerprint density at radius 1 is 1.30 bits per heavy atom. The number of piperazine rings is 1. The summed E-state index contributed by atoms with van der Waals surface area (Å²) in [6.45, 7) is 8.97. The van der Waals surface area contributed by atoms with Gasteiger partial charge in [-0.05, 0) is 50.1 Å². The van der Waals surface area contributed by atoms with Gasteiger partial charge in [0.2, 0.25) is 0 Å². The van der Waals surface area contributed by atoms with Gasteiger partial charge < -0.3 is 15.0 Å². The maximum absolute atomic E-state index is 12.9. The molecular formula is C20H27Cl2N3O2. The molecule has 1 saturated heterocycles. The van der Waals surface area contributed by atoms with E-state index < -0.39 is 0 Å². The fourth-order valence-corrected chi connectivity index (χ4v) is 3.25. The van der Waals surface area contributed by atoms with Gasteiger partial charge >= 0.3 is 0 Å². The largest absolute Gasteiger partial charge is 0.488 e. The third-order valence-corrected chi connectivity index (χ3v) is 4.58. The van der Waals surface area contributed by atoms with E-state index in [1.165, 1.54) is 0 Å². The Bertz CT molecular complexity index is 733. The van der Waals surface area contributed by atoms with E-state index in [2.05, 4.69) is 17.2 Å². The number of amides is 1. The Balaban J connectivity index is 0.00000182. The average Bonchev–Trinajstić information content (AvgIpc) is 2.61. The Kier molecular flexibility index (Phi) is 9.03. The second-order valence-electron chi connectivity index (χ2n) is 6.64. The second-order valence-corrected chi connectivity index (χ2v) is 6.64. The third-order valence-electron chi connectivity index (χ3n) is 4.58. The molecule has 1 atom stereocenters. The Labute approximate surface area is 173 Å². The highest BCUT2D eigenvalue weighted by molar-refractivity contribution is 5.95. The van der Waals surface area contributed by atoms with Crippen LogP contribution in [0.1, 0.15) is 34.0 Å². The highest BCUT2D eigenvalue weighted by atomic mass is 35.5. The summed E-state index contributed by atoms with van der Waals surface area (Å²) in [4.78, 5) is 18.9. The molecule has 1 fully saturated rings. The van der Waals surface area contributed by atoms with Gasteiger partial charge in [-0.15, -0.1) is 24.8 Å². The number of aryl methyl sites for hydroxylation is 2. The highest BCUT2D eigenvalue weighted by Gasteiger charge is 2.24. The number of rotatable bonds is 4. The summed E-state index contributed by atoms with van der Waals surface area (Å²) in [5, 5.41) is 3.32. The quantitative estimate of drug-likeness (QED) is 0.835. The molecule has 0 radical (unpaired) electrons. The van der Waals surface area contributed by atoms with Gasteiger partial charge in [0, 0.05) is 49.2 Å². The van der Waals surface area contributed by atoms with E-state index in [0.29, 0.717) is 6.61 Å². The number of pyridine rings is 1. The van der Waals surface area contributed by atoms with Crippen LogP contribution in [0.5, 0.6) is 5.75 Å². The van der Waals surface area contributed by atoms with E-state index in [-0.39, 0.29) is 36.8 Å². The van der Waals surface area contributed by atoms with Gasteiger partial charge in [0.25, 0.3) is 5.91 Å². The van der Waals surface area contributed by atoms with Crippen LogP contribution < -0.4 is 10.1 Å². The third kappa shape index (κ3) is 5.58. The topological polar surface area (TPSA) is 54.5 Å². The molecule has 3 rings (SSSR count). The van der Waals surface area contributed by atoms with Gasteiger partial charge in [-0.1, -0.05) is 6.07 Å². The number of nitrogens with one attached hydrogen (secondary N) is 1. The number of hydrogen-bond acceptors (Lipinski definition) is 4. The van der Waals surface area contributed by atoms with E-state index in [0.717, 1.165) is 47.6 Å². The molecule has 1 aliphatic heterocycles. The minimum Gasteiger partial charge on any atom is -0.488 e. The number of benzene rings is 1. The van der Waals surface area contributed by atoms with Crippen LogP contribution in [0.15, 0.2) is 36.7 Å². The lowest BCUT2D eigenvalue weighted by molar-refractivity contribution is 0.0655. The first-order valence-electron chi connectivity index (χ1n) is 8.71. The smallest absolute Gasteiger partial charge is 0.254 e. The number of nitrogens with zero attached hydrogens (tertiary/aromatic N) is 2. The zero-order valence-electron chi connectivity index (χ0n) is 15.9. The molecule has 0 bridgehead atoms. The molecule has 0 unspecified atom stereocenters. The van der Waals surface area contributed by atoms with E-state index in [4.69, 9.17) is 4.74 Å². The number of aromatic nitrogens is 1. The van der Waals surface area contributed by atoms with Crippen LogP contribution in [-0.4, -0.2) is 41.5 Å². The summed E-state index contributed by atoms with van der Waals surface area (Å²) in [6.07, 6.45) is 3.55. The van der Waals surface area contributed by atoms with E-state index >= 15 is 0 Å². The van der Waals surface area contributed by atoms with Crippen molar-refractivity contribution in [1.29, 1.82) is 0 Å². The van der Waals surface area contributed by atoms with Crippen LogP contribution in [0.25, 0.3) is 0 Å². The van der Waals surface area contributed by atoms with Crippen molar-refractivity contribution in [3.05, 3.63) is 58.9 Å². The Morgan fingerprint density at radius 3 is 2.59 bits per heavy atom. The van der Waals surface area contributed by atoms with Gasteiger partial charge in [0.05, 0.1) is 0 Å². The molecule has 1 amide bonds. The summed E-state index contributed by atoms with van der Waals surface area (Å²) < 4.78 is 5.98. The molecule has 1 aliphatic rings. The van der Waals surface area contributed by atoms with Crippen molar-refractivity contribution < 1.29 is 9.53 Å². The van der Waals surface area contributed by atoms with Crippen molar-refractivity contribution in [2.45, 2.75) is 33.4 Å². The lowest BCUT2D eigenvalue weighted by Gasteiger charge is -2.34. The molecule has 1 aromatic carbocycles. The predicted octanol–water partition coefficient (Wildman–Crippen LogP) is 3.55. The van der Waals surface area contributed by atoms with Crippen LogP contribution in [0.2, 0.25) is 0 Å². The van der Waals surface area contributed by atoms with Gasteiger partial charge in [0.1, 0.15) is 12.4 Å². The van der Waals surface area contributed by atoms with Gasteiger partial charge in [-0.25, -0.2) is 0 Å². The molecule has 0 spiro atoms. The first-order chi connectivity index (χ1) is 12.1. The maximum Gasteiger partial charge on any atom is 0.254 e. The van der Waals surface area contributed by atoms with Gasteiger partial charge in [0.15, 0.2) is 0 Å². The van der Waals surface area contributed by atoms with Crippen molar-refractivity contribution >= 4 is 30.7 Å². The second kappa shape index (κ2) is 10.5. The zero-order chi connectivity index (χ0) is 17.8. The summed E-state index contributed by atoms with van der Waals surface area (Å²) in [7, 11) is 0. The SMILES string of the molecule is Cc1cc(C(=O)N2CCNC[C@@H]2C)cc(C)c1OCc1cccnc1.Cl.Cl. The summed E-state index contributed by atoms with van der Waals surface area (Å²) in [6, 6.07) is 7.96. The molecule has 2 aromatic rings. The fraction of sp³-hybridized carbons (Fsp3) is 0.400. The lowest BCUT2D eigenvalue weighted by atomic mass is 10.0. The van der Waals surface area contributed by atoms with Crippen LogP contribution in [0.4, 0.5) is 0 Å². The van der Waals surface area contributed by atoms with Gasteiger partial charge in [-0.3, -0.25) is 9.78 Å². The van der Waals surface area contributed by atoms with Crippen molar-refractivity contribution in [1.82, 2.24) is 15.2 Å². The summed E-state index contributed by atoms with van der Waals surface area (Å²) in [5.74, 6) is 0.938. The van der Waals surface area contributed by atoms with Crippen molar-refractivity contribution in [3.8, 4) is 5.75 Å². The molecule has 0 aliphatic carbocycles. The number of halogens is 2. The zero-order valence-corrected chi connectivity index (χ0v) is 17.5. The number of carbonyl (C=O) groups excluding carboxylic acids is 1. The number of carbonyl (C=O) groups is 1. The molecule has 2 heterocycles. The van der Waals surface area contributed by atoms with Crippen LogP contribution in [-0.2, 0) is 6.61 Å². The van der Waals surface area contributed by atoms with Crippen LogP contribution in [0, 0.1) is 13.8 Å². The molecule has 148 valence electrons. The molecule has 7 heteroatoms. The minimum atomic E-state index is 0. The normalized spacial score (nSPS) is 16.1. The van der Waals surface area contributed by atoms with E-state index in [1.54, 1.807) is 12.4 Å². The first-order valence-corrected chi connectivity index (χ1v) is 8.71. The Hall–Kier alpha value is -1.82. The van der Waals surface area contributed by atoms with Crippen LogP contribution >= 0.6 is 24.8 Å². The van der Waals surface area contributed by atoms with Crippen molar-refractivity contribution in [3.63, 3.8) is 0 Å². The molecule has 5 nitrogen and oxygen atoms in total. The van der Waals surface area contributed by atoms with Gasteiger partial charge in [-0.2, -0.15) is 0 Å². The minimum absolute atomic E-state index is 0. The molecular weight excluding hydrogens is 385 g/mol. The van der Waals surface area contributed by atoms with Crippen LogP contribution in [0.3, 0.4) is 0 Å². The standard InChI is InChI=1S/C20H25N3O2.2ClH/c1-14-9-18(20(24)23-8-7-22-11-16(23)3)10-15(2)19(14)25-13-17-5-4-6-21-12-17;;/h4-6,9-10,12,16,22H,7-8,11,13H2,1-3H3;2*1H/t16-;;/m0../s1. The highest BCUT2D eigenvalue weighted by Crippen LogP contribution is 2.26. The van der Waals surface area contributed by atoms with Crippen molar-refractivity contribution in [2.75, 3.05) is 19.6 Å². The predicted molar refractivity (Wildman–Crippen MR) is 112 cm³/mol. The van der Waals surface area contributed by atoms with E-state index in [9.17, 15) is 4.79 Å². The fourth-order valence-electron chi connectivity index (χ4n) is 3.25. The molecule has 0 saturated carbocycles. The number of ether oxygens (including phenoxy) is 1. The lowest BCUT2D eigenvalue weighted by Crippen LogP contribution is -2.52. The molecule has 1 aromatic heterocycles. The molecule has 27 heavy (non-hydrogen) atoms. The summed E-state index contributed by atoms with van der Waals surface area (Å²) in [5.41, 5.74) is 3.72. The number of hydrogen-bond donors (Lipinski definition) is 1. The first kappa shape index (κ1) is 23.2.